The zero-order chi connectivity index (χ0) is 22.1. The molecule has 2 aromatic carbocycles. The lowest BCUT2D eigenvalue weighted by atomic mass is 9.93. The van der Waals surface area contributed by atoms with E-state index in [1.807, 2.05) is 50.2 Å². The minimum Gasteiger partial charge on any atom is -0.351 e. The zero-order valence-electron chi connectivity index (χ0n) is 17.3. The van der Waals surface area contributed by atoms with E-state index in [1.54, 1.807) is 13.8 Å². The van der Waals surface area contributed by atoms with E-state index >= 15 is 0 Å². The second kappa shape index (κ2) is 8.71. The fourth-order valence-electron chi connectivity index (χ4n) is 3.12. The summed E-state index contributed by atoms with van der Waals surface area (Å²) in [5.41, 5.74) is 2.82. The summed E-state index contributed by atoms with van der Waals surface area (Å²) in [6.07, 6.45) is 0. The maximum Gasteiger partial charge on any atom is 0.348 e. The fraction of sp³-hybridized carbons (Fsp3) is 0.318. The summed E-state index contributed by atoms with van der Waals surface area (Å²) < 4.78 is 15.5. The first-order valence-electron chi connectivity index (χ1n) is 9.53. The van der Waals surface area contributed by atoms with Gasteiger partial charge in [0.05, 0.1) is 11.1 Å². The van der Waals surface area contributed by atoms with Gasteiger partial charge in [-0.1, -0.05) is 12.1 Å². The molecule has 0 unspecified atom stereocenters. The van der Waals surface area contributed by atoms with Crippen LogP contribution in [0.1, 0.15) is 30.5 Å². The molecule has 0 saturated carbocycles. The molecule has 158 valence electrons. The number of halogens is 2. The fourth-order valence-corrected chi connectivity index (χ4v) is 3.48. The van der Waals surface area contributed by atoms with Crippen molar-refractivity contribution in [2.45, 2.75) is 34.2 Å². The third-order valence-electron chi connectivity index (χ3n) is 5.10. The lowest BCUT2D eigenvalue weighted by Crippen LogP contribution is -2.38. The average molecular weight is 522 g/mol. The van der Waals surface area contributed by atoms with Crippen LogP contribution in [0, 0.1) is 22.8 Å². The van der Waals surface area contributed by atoms with Crippen LogP contribution < -0.4 is 11.0 Å². The molecule has 0 bridgehead atoms. The van der Waals surface area contributed by atoms with Gasteiger partial charge in [-0.15, -0.1) is 5.10 Å². The number of aromatic nitrogens is 3. The molecule has 2 N–H and O–H groups in total. The number of hydrogen-bond acceptors (Lipinski definition) is 3. The molecule has 1 heterocycles. The summed E-state index contributed by atoms with van der Waals surface area (Å²) in [5, 5.41) is 7.30. The topological polar surface area (TPSA) is 79.8 Å². The standard InChI is InChI=1S/C22H24FIN4O2/c1-13-5-6-15(11-25-20(29)22(3,4)12-23)14(2)18(13)19-26-21(30)28(27-19)17-9-7-16(24)8-10-17/h5-10H,11-12H2,1-4H3,(H,25,29)(H,26,27,30). The molecule has 8 heteroatoms. The van der Waals surface area contributed by atoms with E-state index in [1.165, 1.54) is 4.68 Å². The van der Waals surface area contributed by atoms with Crippen molar-refractivity contribution >= 4 is 28.5 Å². The van der Waals surface area contributed by atoms with Crippen molar-refractivity contribution in [1.29, 1.82) is 0 Å². The highest BCUT2D eigenvalue weighted by atomic mass is 127. The predicted octanol–water partition coefficient (Wildman–Crippen LogP) is 4.06. The summed E-state index contributed by atoms with van der Waals surface area (Å²) in [6.45, 7) is 6.54. The van der Waals surface area contributed by atoms with Gasteiger partial charge in [0.2, 0.25) is 5.91 Å². The van der Waals surface area contributed by atoms with Crippen molar-refractivity contribution < 1.29 is 9.18 Å². The van der Waals surface area contributed by atoms with Crippen LogP contribution in [0.15, 0.2) is 41.2 Å². The van der Waals surface area contributed by atoms with Crippen LogP contribution in [0.5, 0.6) is 0 Å². The Morgan fingerprint density at radius 2 is 1.87 bits per heavy atom. The van der Waals surface area contributed by atoms with Gasteiger partial charge in [-0.05, 0) is 91.2 Å². The Bertz CT molecular complexity index is 1130. The highest BCUT2D eigenvalue weighted by Gasteiger charge is 2.27. The highest BCUT2D eigenvalue weighted by molar-refractivity contribution is 14.1. The Morgan fingerprint density at radius 1 is 1.20 bits per heavy atom. The molecule has 6 nitrogen and oxygen atoms in total. The molecule has 3 rings (SSSR count). The second-order valence-corrected chi connectivity index (χ2v) is 9.15. The van der Waals surface area contributed by atoms with Crippen LogP contribution in [0.3, 0.4) is 0 Å². The smallest absolute Gasteiger partial charge is 0.348 e. The Hall–Kier alpha value is -2.49. The SMILES string of the molecule is Cc1ccc(CNC(=O)C(C)(C)CF)c(C)c1-c1nn(-c2ccc(I)cc2)c(=O)[nH]1. The quantitative estimate of drug-likeness (QED) is 0.480. The van der Waals surface area contributed by atoms with Gasteiger partial charge in [-0.3, -0.25) is 9.78 Å². The van der Waals surface area contributed by atoms with E-state index in [2.05, 4.69) is 38.0 Å². The Morgan fingerprint density at radius 3 is 2.50 bits per heavy atom. The number of nitrogens with zero attached hydrogens (tertiary/aromatic N) is 2. The van der Waals surface area contributed by atoms with Crippen molar-refractivity contribution in [1.82, 2.24) is 20.1 Å². The minimum atomic E-state index is -1.07. The van der Waals surface area contributed by atoms with Gasteiger partial charge in [-0.2, -0.15) is 4.68 Å². The average Bonchev–Trinajstić information content (AvgIpc) is 3.08. The van der Waals surface area contributed by atoms with Gasteiger partial charge in [0.15, 0.2) is 5.82 Å². The summed E-state index contributed by atoms with van der Waals surface area (Å²) in [4.78, 5) is 27.6. The van der Waals surface area contributed by atoms with Gasteiger partial charge in [0, 0.05) is 15.7 Å². The summed E-state index contributed by atoms with van der Waals surface area (Å²) in [6, 6.07) is 11.3. The Labute approximate surface area is 188 Å². The number of aromatic amines is 1. The number of nitrogens with one attached hydrogen (secondary N) is 2. The maximum absolute atomic E-state index is 13.1. The highest BCUT2D eigenvalue weighted by Crippen LogP contribution is 2.27. The number of rotatable bonds is 6. The molecule has 0 aliphatic carbocycles. The molecule has 0 saturated heterocycles. The third kappa shape index (κ3) is 4.48. The van der Waals surface area contributed by atoms with E-state index < -0.39 is 12.1 Å². The molecule has 1 aromatic heterocycles. The van der Waals surface area contributed by atoms with Crippen molar-refractivity contribution in [3.05, 3.63) is 67.1 Å². The zero-order valence-corrected chi connectivity index (χ0v) is 19.5. The van der Waals surface area contributed by atoms with Crippen LogP contribution in [0.25, 0.3) is 17.1 Å². The monoisotopic (exact) mass is 522 g/mol. The largest absolute Gasteiger partial charge is 0.351 e. The van der Waals surface area contributed by atoms with Crippen molar-refractivity contribution in [2.24, 2.45) is 5.41 Å². The molecular formula is C22H24FIN4O2. The summed E-state index contributed by atoms with van der Waals surface area (Å²) in [5.74, 6) is 0.119. The van der Waals surface area contributed by atoms with E-state index in [4.69, 9.17) is 0 Å². The van der Waals surface area contributed by atoms with E-state index in [9.17, 15) is 14.0 Å². The molecule has 0 radical (unpaired) electrons. The van der Waals surface area contributed by atoms with Crippen LogP contribution >= 0.6 is 22.6 Å². The lowest BCUT2D eigenvalue weighted by Gasteiger charge is -2.20. The number of alkyl halides is 1. The molecule has 1 amide bonds. The van der Waals surface area contributed by atoms with Crippen LogP contribution in [0.4, 0.5) is 4.39 Å². The molecule has 0 spiro atoms. The third-order valence-corrected chi connectivity index (χ3v) is 5.82. The number of H-pyrrole nitrogens is 1. The predicted molar refractivity (Wildman–Crippen MR) is 123 cm³/mol. The number of aryl methyl sites for hydroxylation is 1. The van der Waals surface area contributed by atoms with Gasteiger partial charge in [0.25, 0.3) is 0 Å². The first kappa shape index (κ1) is 22.2. The van der Waals surface area contributed by atoms with E-state index in [0.717, 1.165) is 25.8 Å². The van der Waals surface area contributed by atoms with Gasteiger partial charge >= 0.3 is 5.69 Å². The summed E-state index contributed by atoms with van der Waals surface area (Å²) in [7, 11) is 0. The Balaban J connectivity index is 1.95. The molecular weight excluding hydrogens is 498 g/mol. The number of amides is 1. The summed E-state index contributed by atoms with van der Waals surface area (Å²) >= 11 is 2.20. The van der Waals surface area contributed by atoms with Crippen LogP contribution in [0.2, 0.25) is 0 Å². The number of carbonyl (C=O) groups is 1. The maximum atomic E-state index is 13.1. The molecule has 0 fully saturated rings. The molecule has 3 aromatic rings. The minimum absolute atomic E-state index is 0.267. The lowest BCUT2D eigenvalue weighted by molar-refractivity contribution is -0.130. The number of carbonyl (C=O) groups excluding carboxylic acids is 1. The van der Waals surface area contributed by atoms with Crippen molar-refractivity contribution in [3.8, 4) is 17.1 Å². The molecule has 30 heavy (non-hydrogen) atoms. The molecule has 0 aliphatic heterocycles. The first-order valence-corrected chi connectivity index (χ1v) is 10.6. The van der Waals surface area contributed by atoms with Gasteiger partial charge in [0.1, 0.15) is 6.67 Å². The Kier molecular flexibility index (Phi) is 6.44. The van der Waals surface area contributed by atoms with Gasteiger partial charge < -0.3 is 5.32 Å². The first-order chi connectivity index (χ1) is 14.1. The van der Waals surface area contributed by atoms with Crippen LogP contribution in [-0.2, 0) is 11.3 Å². The van der Waals surface area contributed by atoms with Crippen LogP contribution in [-0.4, -0.2) is 27.3 Å². The van der Waals surface area contributed by atoms with E-state index in [0.29, 0.717) is 11.5 Å². The van der Waals surface area contributed by atoms with Crippen molar-refractivity contribution in [3.63, 3.8) is 0 Å². The molecule has 0 atom stereocenters. The second-order valence-electron chi connectivity index (χ2n) is 7.91. The van der Waals surface area contributed by atoms with Gasteiger partial charge in [-0.25, -0.2) is 9.18 Å². The molecule has 0 aliphatic rings. The normalized spacial score (nSPS) is 11.5. The van der Waals surface area contributed by atoms with Crippen molar-refractivity contribution in [2.75, 3.05) is 6.67 Å². The van der Waals surface area contributed by atoms with E-state index in [-0.39, 0.29) is 18.1 Å². The number of hydrogen-bond donors (Lipinski definition) is 2. The number of benzene rings is 2.